The molecule has 1 fully saturated rings. The number of carbonyl (C=O) groups is 1. The minimum Gasteiger partial charge on any atom is -0.491 e. The molecule has 3 heterocycles. The van der Waals surface area contributed by atoms with Crippen molar-refractivity contribution < 1.29 is 19.0 Å². The van der Waals surface area contributed by atoms with Crippen LogP contribution in [0.5, 0.6) is 5.75 Å². The fraction of sp³-hybridized carbons (Fsp3) is 0.481. The highest BCUT2D eigenvalue weighted by molar-refractivity contribution is 5.95. The average molecular weight is 451 g/mol. The summed E-state index contributed by atoms with van der Waals surface area (Å²) in [5.74, 6) is 1.54. The van der Waals surface area contributed by atoms with Crippen molar-refractivity contribution in [2.45, 2.75) is 51.5 Å². The van der Waals surface area contributed by atoms with E-state index in [1.54, 1.807) is 0 Å². The molecule has 1 aromatic carbocycles. The summed E-state index contributed by atoms with van der Waals surface area (Å²) in [6.45, 7) is 5.10. The van der Waals surface area contributed by atoms with Crippen molar-refractivity contribution in [1.82, 2.24) is 4.98 Å². The lowest BCUT2D eigenvalue weighted by Crippen LogP contribution is -2.31. The minimum absolute atomic E-state index is 0.252. The van der Waals surface area contributed by atoms with Crippen LogP contribution < -0.4 is 9.64 Å². The number of fused-ring (bicyclic) bond motifs is 3. The van der Waals surface area contributed by atoms with Gasteiger partial charge in [0, 0.05) is 42.1 Å². The molecule has 0 amide bonds. The molecule has 4 rings (SSSR count). The van der Waals surface area contributed by atoms with Crippen molar-refractivity contribution in [3.63, 3.8) is 0 Å². The molecule has 2 aliphatic rings. The summed E-state index contributed by atoms with van der Waals surface area (Å²) in [6, 6.07) is 10.6. The largest absolute Gasteiger partial charge is 0.491 e. The Balaban J connectivity index is 1.51. The highest BCUT2D eigenvalue weighted by Gasteiger charge is 2.30. The Bertz CT molecular complexity index is 971. The fourth-order valence-corrected chi connectivity index (χ4v) is 4.58. The van der Waals surface area contributed by atoms with Crippen LogP contribution in [0.25, 0.3) is 17.2 Å². The van der Waals surface area contributed by atoms with Gasteiger partial charge in [0.1, 0.15) is 18.2 Å². The Hall–Kier alpha value is -2.86. The molecule has 1 unspecified atom stereocenters. The molecule has 1 atom stereocenters. The van der Waals surface area contributed by atoms with E-state index in [0.717, 1.165) is 79.9 Å². The van der Waals surface area contributed by atoms with E-state index in [2.05, 4.69) is 17.9 Å². The van der Waals surface area contributed by atoms with Gasteiger partial charge in [0.05, 0.1) is 13.7 Å². The maximum absolute atomic E-state index is 12.3. The normalized spacial score (nSPS) is 19.0. The zero-order valence-electron chi connectivity index (χ0n) is 19.7. The fourth-order valence-electron chi connectivity index (χ4n) is 4.58. The number of ether oxygens (including phenoxy) is 3. The summed E-state index contributed by atoms with van der Waals surface area (Å²) in [7, 11) is 1.44. The van der Waals surface area contributed by atoms with Crippen LogP contribution in [0.2, 0.25) is 0 Å². The molecule has 0 aliphatic carbocycles. The van der Waals surface area contributed by atoms with Crippen molar-refractivity contribution in [2.75, 3.05) is 38.4 Å². The molecule has 0 saturated carbocycles. The number of anilines is 1. The predicted octanol–water partition coefficient (Wildman–Crippen LogP) is 5.26. The van der Waals surface area contributed by atoms with E-state index < -0.39 is 0 Å². The van der Waals surface area contributed by atoms with Gasteiger partial charge in [-0.2, -0.15) is 0 Å². The lowest BCUT2D eigenvalue weighted by atomic mass is 9.97. The second-order valence-electron chi connectivity index (χ2n) is 8.66. The SMILES string of the molecule is CCCCOCCOc1ccc(-c2cnc3c(c2)/C=C(/C(=O)OC)CCC2CCCN32)cc1. The Morgan fingerprint density at radius 3 is 2.76 bits per heavy atom. The summed E-state index contributed by atoms with van der Waals surface area (Å²) in [5.41, 5.74) is 3.77. The van der Waals surface area contributed by atoms with E-state index in [-0.39, 0.29) is 5.97 Å². The number of aromatic nitrogens is 1. The van der Waals surface area contributed by atoms with Crippen molar-refractivity contribution >= 4 is 17.9 Å². The van der Waals surface area contributed by atoms with Crippen LogP contribution in [0, 0.1) is 0 Å². The van der Waals surface area contributed by atoms with Crippen LogP contribution in [-0.4, -0.2) is 50.5 Å². The number of carbonyl (C=O) groups excluding carboxylic acids is 1. The maximum Gasteiger partial charge on any atom is 0.333 e. The molecule has 0 spiro atoms. The van der Waals surface area contributed by atoms with Crippen LogP contribution in [0.3, 0.4) is 0 Å². The number of methoxy groups -OCH3 is 1. The minimum atomic E-state index is -0.252. The molecule has 2 aromatic rings. The van der Waals surface area contributed by atoms with Gasteiger partial charge in [-0.1, -0.05) is 25.5 Å². The number of hydrogen-bond acceptors (Lipinski definition) is 6. The number of rotatable bonds is 9. The van der Waals surface area contributed by atoms with Gasteiger partial charge in [0.15, 0.2) is 0 Å². The van der Waals surface area contributed by atoms with Crippen LogP contribution in [0.1, 0.15) is 51.0 Å². The summed E-state index contributed by atoms with van der Waals surface area (Å²) in [4.78, 5) is 19.6. The van der Waals surface area contributed by atoms with Crippen LogP contribution >= 0.6 is 0 Å². The molecular weight excluding hydrogens is 416 g/mol. The lowest BCUT2D eigenvalue weighted by Gasteiger charge is -2.29. The maximum atomic E-state index is 12.3. The molecule has 0 radical (unpaired) electrons. The first-order valence-electron chi connectivity index (χ1n) is 12.1. The van der Waals surface area contributed by atoms with Gasteiger partial charge >= 0.3 is 5.97 Å². The molecule has 176 valence electrons. The van der Waals surface area contributed by atoms with E-state index in [1.165, 1.54) is 7.11 Å². The second kappa shape index (κ2) is 11.3. The number of hydrogen-bond donors (Lipinski definition) is 0. The van der Waals surface area contributed by atoms with Crippen LogP contribution in [0.15, 0.2) is 42.1 Å². The van der Waals surface area contributed by atoms with Crippen molar-refractivity contribution in [1.29, 1.82) is 0 Å². The number of nitrogens with zero attached hydrogens (tertiary/aromatic N) is 2. The first kappa shape index (κ1) is 23.3. The monoisotopic (exact) mass is 450 g/mol. The number of esters is 1. The molecular formula is C27H34N2O4. The zero-order valence-corrected chi connectivity index (χ0v) is 19.7. The van der Waals surface area contributed by atoms with Gasteiger partial charge in [-0.05, 0) is 61.9 Å². The first-order chi connectivity index (χ1) is 16.2. The van der Waals surface area contributed by atoms with Crippen LogP contribution in [-0.2, 0) is 14.3 Å². The van der Waals surface area contributed by atoms with Gasteiger partial charge < -0.3 is 19.1 Å². The third-order valence-corrected chi connectivity index (χ3v) is 6.39. The topological polar surface area (TPSA) is 60.9 Å². The van der Waals surface area contributed by atoms with Gasteiger partial charge in [-0.15, -0.1) is 0 Å². The van der Waals surface area contributed by atoms with Gasteiger partial charge in [0.25, 0.3) is 0 Å². The van der Waals surface area contributed by atoms with E-state index in [0.29, 0.717) is 24.8 Å². The summed E-state index contributed by atoms with van der Waals surface area (Å²) in [5, 5.41) is 0. The van der Waals surface area contributed by atoms with Crippen molar-refractivity contribution in [3.05, 3.63) is 47.7 Å². The molecule has 0 bridgehead atoms. The molecule has 2 aliphatic heterocycles. The van der Waals surface area contributed by atoms with E-state index in [4.69, 9.17) is 19.2 Å². The average Bonchev–Trinajstić information content (AvgIpc) is 3.30. The zero-order chi connectivity index (χ0) is 23.0. The van der Waals surface area contributed by atoms with Gasteiger partial charge in [-0.3, -0.25) is 0 Å². The predicted molar refractivity (Wildman–Crippen MR) is 130 cm³/mol. The third kappa shape index (κ3) is 5.74. The number of benzene rings is 1. The van der Waals surface area contributed by atoms with E-state index in [9.17, 15) is 4.79 Å². The number of pyridine rings is 1. The summed E-state index contributed by atoms with van der Waals surface area (Å²) < 4.78 is 16.4. The quantitative estimate of drug-likeness (QED) is 0.383. The molecule has 1 aromatic heterocycles. The smallest absolute Gasteiger partial charge is 0.333 e. The lowest BCUT2D eigenvalue weighted by molar-refractivity contribution is -0.136. The molecule has 33 heavy (non-hydrogen) atoms. The summed E-state index contributed by atoms with van der Waals surface area (Å²) >= 11 is 0. The third-order valence-electron chi connectivity index (χ3n) is 6.39. The highest BCUT2D eigenvalue weighted by atomic mass is 16.5. The van der Waals surface area contributed by atoms with Gasteiger partial charge in [-0.25, -0.2) is 9.78 Å². The van der Waals surface area contributed by atoms with Crippen molar-refractivity contribution in [3.8, 4) is 16.9 Å². The molecule has 0 N–H and O–H groups in total. The van der Waals surface area contributed by atoms with Crippen molar-refractivity contribution in [2.24, 2.45) is 0 Å². The van der Waals surface area contributed by atoms with Crippen LogP contribution in [0.4, 0.5) is 5.82 Å². The Kier molecular flexibility index (Phi) is 8.00. The second-order valence-corrected chi connectivity index (χ2v) is 8.66. The molecule has 6 heteroatoms. The first-order valence-corrected chi connectivity index (χ1v) is 12.1. The number of unbranched alkanes of at least 4 members (excludes halogenated alkanes) is 1. The Labute approximate surface area is 196 Å². The standard InChI is InChI=1S/C27H34N2O4/c1-3-4-14-32-15-16-33-25-11-8-20(9-12-25)23-18-22-17-21(27(30)31-2)7-10-24-6-5-13-29(24)26(22)28-19-23/h8-9,11-12,17-19,24H,3-7,10,13-16H2,1-2H3/b21-17+. The summed E-state index contributed by atoms with van der Waals surface area (Å²) in [6.07, 6.45) is 10.1. The van der Waals surface area contributed by atoms with Gasteiger partial charge in [0.2, 0.25) is 0 Å². The van der Waals surface area contributed by atoms with E-state index in [1.807, 2.05) is 36.5 Å². The molecule has 1 saturated heterocycles. The van der Waals surface area contributed by atoms with E-state index >= 15 is 0 Å². The highest BCUT2D eigenvalue weighted by Crippen LogP contribution is 2.36. The Morgan fingerprint density at radius 1 is 1.12 bits per heavy atom. The Morgan fingerprint density at radius 2 is 1.97 bits per heavy atom. The molecule has 6 nitrogen and oxygen atoms in total.